The van der Waals surface area contributed by atoms with Gasteiger partial charge in [-0.05, 0) is 0 Å². The van der Waals surface area contributed by atoms with Crippen LogP contribution in [0.1, 0.15) is 12.8 Å². The molecule has 0 radical (unpaired) electrons. The van der Waals surface area contributed by atoms with Crippen LogP contribution in [-0.4, -0.2) is 14.5 Å². The molecule has 0 aromatic rings. The SMILES string of the molecule is OI1CCCCO1. The van der Waals surface area contributed by atoms with Crippen molar-refractivity contribution in [2.45, 2.75) is 12.8 Å². The molecule has 1 N–H and O–H groups in total. The molecule has 0 unspecified atom stereocenters. The quantitative estimate of drug-likeness (QED) is 0.485. The van der Waals surface area contributed by atoms with E-state index in [1.54, 1.807) is 0 Å². The first kappa shape index (κ1) is 5.78. The van der Waals surface area contributed by atoms with Gasteiger partial charge in [-0.1, -0.05) is 0 Å². The normalized spacial score (nSPS) is 27.9. The van der Waals surface area contributed by atoms with E-state index in [-0.39, 0.29) is 0 Å². The standard InChI is InChI=1S/C4H9IO2/c6-5-3-1-2-4-7-5/h6H,1-4H2. The Hall–Kier alpha value is 0.650. The Balaban J connectivity index is 2.12. The Morgan fingerprint density at radius 2 is 2.29 bits per heavy atom. The molecule has 7 heavy (non-hydrogen) atoms. The number of alkyl halides is 1. The van der Waals surface area contributed by atoms with E-state index in [1.807, 2.05) is 0 Å². The topological polar surface area (TPSA) is 29.5 Å². The molecule has 0 saturated carbocycles. The molecule has 1 fully saturated rings. The van der Waals surface area contributed by atoms with Crippen LogP contribution in [0, 0.1) is 0 Å². The summed E-state index contributed by atoms with van der Waals surface area (Å²) in [6, 6.07) is 0. The summed E-state index contributed by atoms with van der Waals surface area (Å²) >= 11 is -1.74. The molecule has 0 aromatic heterocycles. The fourth-order valence-electron chi connectivity index (χ4n) is 0.509. The molecule has 44 valence electrons. The van der Waals surface area contributed by atoms with Crippen LogP contribution in [0.15, 0.2) is 0 Å². The molecule has 1 aliphatic heterocycles. The summed E-state index contributed by atoms with van der Waals surface area (Å²) in [6.45, 7) is 0.807. The minimum atomic E-state index is -1.74. The Morgan fingerprint density at radius 1 is 1.43 bits per heavy atom. The zero-order valence-electron chi connectivity index (χ0n) is 4.06. The first-order valence-corrected chi connectivity index (χ1v) is 5.75. The Bertz CT molecular complexity index is 51.7. The van der Waals surface area contributed by atoms with E-state index in [9.17, 15) is 0 Å². The van der Waals surface area contributed by atoms with E-state index in [0.29, 0.717) is 0 Å². The first-order chi connectivity index (χ1) is 3.39. The summed E-state index contributed by atoms with van der Waals surface area (Å²) in [5.41, 5.74) is 0. The van der Waals surface area contributed by atoms with Gasteiger partial charge in [0.1, 0.15) is 0 Å². The van der Waals surface area contributed by atoms with Crippen LogP contribution >= 0.6 is 20.6 Å². The summed E-state index contributed by atoms with van der Waals surface area (Å²) in [4.78, 5) is 0. The molecular formula is C4H9IO2. The Labute approximate surface area is 51.3 Å². The van der Waals surface area contributed by atoms with Crippen LogP contribution in [0.3, 0.4) is 0 Å². The van der Waals surface area contributed by atoms with Crippen LogP contribution in [0.4, 0.5) is 0 Å². The molecule has 2 nitrogen and oxygen atoms in total. The molecule has 0 bridgehead atoms. The van der Waals surface area contributed by atoms with Crippen LogP contribution < -0.4 is 0 Å². The molecule has 1 rings (SSSR count). The second-order valence-corrected chi connectivity index (χ2v) is 4.91. The van der Waals surface area contributed by atoms with Crippen molar-refractivity contribution in [3.63, 3.8) is 0 Å². The van der Waals surface area contributed by atoms with E-state index in [4.69, 9.17) is 6.50 Å². The number of halogens is 1. The van der Waals surface area contributed by atoms with Gasteiger partial charge in [-0.25, -0.2) is 0 Å². The molecule has 0 aliphatic carbocycles. The maximum atomic E-state index is 8.84. The fourth-order valence-corrected chi connectivity index (χ4v) is 2.83. The molecule has 1 heterocycles. The van der Waals surface area contributed by atoms with Gasteiger partial charge in [0.05, 0.1) is 0 Å². The van der Waals surface area contributed by atoms with Gasteiger partial charge in [-0.2, -0.15) is 0 Å². The molecule has 1 saturated heterocycles. The minimum absolute atomic E-state index is 0.807. The Kier molecular flexibility index (Phi) is 2.34. The van der Waals surface area contributed by atoms with Gasteiger partial charge in [0.25, 0.3) is 0 Å². The second kappa shape index (κ2) is 2.84. The maximum absolute atomic E-state index is 8.84. The van der Waals surface area contributed by atoms with Gasteiger partial charge in [-0.15, -0.1) is 0 Å². The van der Waals surface area contributed by atoms with Crippen molar-refractivity contribution in [1.82, 2.24) is 0 Å². The molecule has 0 aromatic carbocycles. The molecule has 0 spiro atoms. The van der Waals surface area contributed by atoms with Crippen LogP contribution in [-0.2, 0) is 3.07 Å². The molecule has 3 heteroatoms. The van der Waals surface area contributed by atoms with E-state index < -0.39 is 20.6 Å². The van der Waals surface area contributed by atoms with Gasteiger partial charge < -0.3 is 0 Å². The van der Waals surface area contributed by atoms with Crippen molar-refractivity contribution in [1.29, 1.82) is 0 Å². The third kappa shape index (κ3) is 1.92. The van der Waals surface area contributed by atoms with Crippen molar-refractivity contribution in [3.05, 3.63) is 0 Å². The summed E-state index contributed by atoms with van der Waals surface area (Å²) < 4.78 is 14.8. The van der Waals surface area contributed by atoms with Crippen molar-refractivity contribution >= 4 is 20.6 Å². The third-order valence-corrected chi connectivity index (χ3v) is 3.74. The van der Waals surface area contributed by atoms with Gasteiger partial charge in [-0.3, -0.25) is 0 Å². The molecule has 0 amide bonds. The van der Waals surface area contributed by atoms with Crippen molar-refractivity contribution < 1.29 is 6.50 Å². The van der Waals surface area contributed by atoms with Gasteiger partial charge >= 0.3 is 51.0 Å². The van der Waals surface area contributed by atoms with Crippen molar-refractivity contribution in [2.24, 2.45) is 0 Å². The first-order valence-electron chi connectivity index (χ1n) is 2.38. The molecular weight excluding hydrogens is 207 g/mol. The zero-order chi connectivity index (χ0) is 5.11. The average molecular weight is 216 g/mol. The van der Waals surface area contributed by atoms with Crippen LogP contribution in [0.5, 0.6) is 0 Å². The van der Waals surface area contributed by atoms with E-state index in [2.05, 4.69) is 0 Å². The monoisotopic (exact) mass is 216 g/mol. The summed E-state index contributed by atoms with van der Waals surface area (Å²) in [5, 5.41) is 0. The average Bonchev–Trinajstić information content (AvgIpc) is 1.69. The number of rotatable bonds is 0. The van der Waals surface area contributed by atoms with Gasteiger partial charge in [0, 0.05) is 0 Å². The second-order valence-electron chi connectivity index (χ2n) is 1.51. The van der Waals surface area contributed by atoms with E-state index in [0.717, 1.165) is 17.5 Å². The van der Waals surface area contributed by atoms with Crippen LogP contribution in [0.2, 0.25) is 0 Å². The van der Waals surface area contributed by atoms with E-state index >= 15 is 0 Å². The molecule has 0 atom stereocenters. The van der Waals surface area contributed by atoms with Gasteiger partial charge in [0.2, 0.25) is 0 Å². The van der Waals surface area contributed by atoms with Crippen molar-refractivity contribution in [3.8, 4) is 0 Å². The predicted octanol–water partition coefficient (Wildman–Crippen LogP) is 1.13. The number of hydrogen-bond acceptors (Lipinski definition) is 2. The van der Waals surface area contributed by atoms with Gasteiger partial charge in [0.15, 0.2) is 0 Å². The molecule has 1 aliphatic rings. The number of hydrogen-bond donors (Lipinski definition) is 1. The summed E-state index contributed by atoms with van der Waals surface area (Å²) in [5.74, 6) is 0. The van der Waals surface area contributed by atoms with E-state index in [1.165, 1.54) is 6.42 Å². The summed E-state index contributed by atoms with van der Waals surface area (Å²) in [7, 11) is 0. The zero-order valence-corrected chi connectivity index (χ0v) is 6.22. The predicted molar refractivity (Wildman–Crippen MR) is 36.3 cm³/mol. The third-order valence-electron chi connectivity index (χ3n) is 0.893. The van der Waals surface area contributed by atoms with Crippen LogP contribution in [0.25, 0.3) is 0 Å². The fraction of sp³-hybridized carbons (Fsp3) is 1.00. The Morgan fingerprint density at radius 3 is 2.57 bits per heavy atom. The summed E-state index contributed by atoms with van der Waals surface area (Å²) in [6.07, 6.45) is 2.33. The van der Waals surface area contributed by atoms with Crippen molar-refractivity contribution in [2.75, 3.05) is 11.0 Å².